The van der Waals surface area contributed by atoms with Crippen molar-refractivity contribution in [2.24, 2.45) is 0 Å². The number of benzene rings is 1. The summed E-state index contributed by atoms with van der Waals surface area (Å²) in [4.78, 5) is 25.0. The Hall–Kier alpha value is -1.84. The predicted molar refractivity (Wildman–Crippen MR) is 76.5 cm³/mol. The van der Waals surface area contributed by atoms with Crippen molar-refractivity contribution in [2.45, 2.75) is 44.6 Å². The van der Waals surface area contributed by atoms with Gasteiger partial charge in [0.25, 0.3) is 0 Å². The van der Waals surface area contributed by atoms with Crippen molar-refractivity contribution in [2.75, 3.05) is 6.54 Å². The van der Waals surface area contributed by atoms with Gasteiger partial charge in [0, 0.05) is 13.0 Å². The molecule has 20 heavy (non-hydrogen) atoms. The fourth-order valence-electron chi connectivity index (χ4n) is 2.87. The van der Waals surface area contributed by atoms with Crippen LogP contribution < -0.4 is 0 Å². The van der Waals surface area contributed by atoms with Crippen LogP contribution in [0.15, 0.2) is 30.3 Å². The molecular weight excluding hydrogens is 254 g/mol. The number of rotatable bonds is 5. The first-order chi connectivity index (χ1) is 9.63. The molecule has 1 unspecified atom stereocenters. The van der Waals surface area contributed by atoms with Gasteiger partial charge in [0.15, 0.2) is 0 Å². The molecule has 4 nitrogen and oxygen atoms in total. The topological polar surface area (TPSA) is 57.6 Å². The summed E-state index contributed by atoms with van der Waals surface area (Å²) < 4.78 is 0. The van der Waals surface area contributed by atoms with Crippen molar-refractivity contribution in [1.82, 2.24) is 4.90 Å². The van der Waals surface area contributed by atoms with E-state index in [0.717, 1.165) is 18.4 Å². The molecule has 0 aliphatic carbocycles. The zero-order valence-electron chi connectivity index (χ0n) is 11.8. The number of hydrogen-bond donors (Lipinski definition) is 1. The van der Waals surface area contributed by atoms with E-state index >= 15 is 0 Å². The molecule has 4 heteroatoms. The van der Waals surface area contributed by atoms with Crippen LogP contribution in [0, 0.1) is 0 Å². The quantitative estimate of drug-likeness (QED) is 0.898. The van der Waals surface area contributed by atoms with E-state index in [0.29, 0.717) is 19.4 Å². The average Bonchev–Trinajstić information content (AvgIpc) is 2.95. The van der Waals surface area contributed by atoms with Crippen LogP contribution in [0.1, 0.15) is 44.1 Å². The Balaban J connectivity index is 2.04. The Labute approximate surface area is 119 Å². The number of nitrogens with zero attached hydrogens (tertiary/aromatic N) is 1. The Morgan fingerprint density at radius 3 is 2.65 bits per heavy atom. The number of aliphatic carboxylic acids is 1. The van der Waals surface area contributed by atoms with Gasteiger partial charge in [-0.2, -0.15) is 0 Å². The van der Waals surface area contributed by atoms with E-state index in [1.165, 1.54) is 4.90 Å². The van der Waals surface area contributed by atoms with Crippen LogP contribution in [0.25, 0.3) is 0 Å². The highest BCUT2D eigenvalue weighted by molar-refractivity contribution is 5.84. The molecule has 0 spiro atoms. The Morgan fingerprint density at radius 2 is 2.05 bits per heavy atom. The van der Waals surface area contributed by atoms with E-state index in [4.69, 9.17) is 5.11 Å². The maximum absolute atomic E-state index is 12.4. The number of carboxylic acids is 1. The number of carbonyl (C=O) groups excluding carboxylic acids is 1. The van der Waals surface area contributed by atoms with Crippen molar-refractivity contribution >= 4 is 11.9 Å². The Morgan fingerprint density at radius 1 is 1.35 bits per heavy atom. The number of amides is 1. The molecule has 0 radical (unpaired) electrons. The molecule has 0 aromatic heterocycles. The average molecular weight is 275 g/mol. The van der Waals surface area contributed by atoms with E-state index in [2.05, 4.69) is 6.92 Å². The fourth-order valence-corrected chi connectivity index (χ4v) is 2.87. The van der Waals surface area contributed by atoms with Crippen molar-refractivity contribution in [3.05, 3.63) is 35.9 Å². The zero-order chi connectivity index (χ0) is 14.5. The molecule has 2 atom stereocenters. The van der Waals surface area contributed by atoms with Gasteiger partial charge in [-0.15, -0.1) is 0 Å². The van der Waals surface area contributed by atoms with Crippen molar-refractivity contribution in [3.8, 4) is 0 Å². The maximum atomic E-state index is 12.4. The second-order valence-corrected chi connectivity index (χ2v) is 5.30. The zero-order valence-corrected chi connectivity index (χ0v) is 11.8. The molecule has 1 saturated heterocycles. The minimum absolute atomic E-state index is 0.0365. The van der Waals surface area contributed by atoms with E-state index in [1.807, 2.05) is 30.3 Å². The molecule has 1 heterocycles. The maximum Gasteiger partial charge on any atom is 0.326 e. The lowest BCUT2D eigenvalue weighted by Gasteiger charge is -2.24. The van der Waals surface area contributed by atoms with Crippen LogP contribution >= 0.6 is 0 Å². The SMILES string of the molecule is CCC(CC(=O)N1CCC[C@@H]1C(=O)O)c1ccccc1. The summed E-state index contributed by atoms with van der Waals surface area (Å²) in [7, 11) is 0. The first-order valence-corrected chi connectivity index (χ1v) is 7.20. The summed E-state index contributed by atoms with van der Waals surface area (Å²) in [6.45, 7) is 2.63. The van der Waals surface area contributed by atoms with Crippen LogP contribution in [-0.2, 0) is 9.59 Å². The van der Waals surface area contributed by atoms with E-state index in [-0.39, 0.29) is 11.8 Å². The highest BCUT2D eigenvalue weighted by Gasteiger charge is 2.34. The summed E-state index contributed by atoms with van der Waals surface area (Å²) in [5.41, 5.74) is 1.15. The molecule has 0 bridgehead atoms. The summed E-state index contributed by atoms with van der Waals surface area (Å²) in [5.74, 6) is -0.757. The first kappa shape index (κ1) is 14.6. The summed E-state index contributed by atoms with van der Waals surface area (Å²) >= 11 is 0. The van der Waals surface area contributed by atoms with Gasteiger partial charge < -0.3 is 10.0 Å². The van der Waals surface area contributed by atoms with Crippen molar-refractivity contribution in [1.29, 1.82) is 0 Å². The van der Waals surface area contributed by atoms with Crippen LogP contribution in [0.2, 0.25) is 0 Å². The third-order valence-electron chi connectivity index (χ3n) is 4.04. The van der Waals surface area contributed by atoms with Crippen LogP contribution in [-0.4, -0.2) is 34.5 Å². The third kappa shape index (κ3) is 3.18. The molecule has 1 aromatic carbocycles. The molecule has 1 fully saturated rings. The van der Waals surface area contributed by atoms with E-state index in [9.17, 15) is 9.59 Å². The van der Waals surface area contributed by atoms with Gasteiger partial charge in [-0.3, -0.25) is 4.79 Å². The highest BCUT2D eigenvalue weighted by Crippen LogP contribution is 2.26. The first-order valence-electron chi connectivity index (χ1n) is 7.20. The second kappa shape index (κ2) is 6.55. The summed E-state index contributed by atoms with van der Waals surface area (Å²) in [6, 6.07) is 9.33. The summed E-state index contributed by atoms with van der Waals surface area (Å²) in [5, 5.41) is 9.15. The van der Waals surface area contributed by atoms with Gasteiger partial charge >= 0.3 is 5.97 Å². The monoisotopic (exact) mass is 275 g/mol. The highest BCUT2D eigenvalue weighted by atomic mass is 16.4. The molecule has 108 valence electrons. The lowest BCUT2D eigenvalue weighted by Crippen LogP contribution is -2.40. The van der Waals surface area contributed by atoms with Crippen molar-refractivity contribution < 1.29 is 14.7 Å². The second-order valence-electron chi connectivity index (χ2n) is 5.30. The minimum Gasteiger partial charge on any atom is -0.480 e. The van der Waals surface area contributed by atoms with Gasteiger partial charge in [0.05, 0.1) is 0 Å². The minimum atomic E-state index is -0.886. The fraction of sp³-hybridized carbons (Fsp3) is 0.500. The Kier molecular flexibility index (Phi) is 4.77. The molecule has 1 aromatic rings. The third-order valence-corrected chi connectivity index (χ3v) is 4.04. The van der Waals surface area contributed by atoms with Crippen LogP contribution in [0.4, 0.5) is 0 Å². The molecule has 1 aliphatic heterocycles. The Bertz CT molecular complexity index is 472. The largest absolute Gasteiger partial charge is 0.480 e. The van der Waals surface area contributed by atoms with Crippen LogP contribution in [0.5, 0.6) is 0 Å². The molecule has 1 aliphatic rings. The lowest BCUT2D eigenvalue weighted by atomic mass is 9.92. The number of carbonyl (C=O) groups is 2. The molecular formula is C16H21NO3. The van der Waals surface area contributed by atoms with E-state index in [1.54, 1.807) is 0 Å². The van der Waals surface area contributed by atoms with Gasteiger partial charge in [0.1, 0.15) is 6.04 Å². The van der Waals surface area contributed by atoms with Gasteiger partial charge in [-0.25, -0.2) is 4.79 Å². The smallest absolute Gasteiger partial charge is 0.326 e. The van der Waals surface area contributed by atoms with Gasteiger partial charge in [-0.1, -0.05) is 37.3 Å². The standard InChI is InChI=1S/C16H21NO3/c1-2-12(13-7-4-3-5-8-13)11-15(18)17-10-6-9-14(17)16(19)20/h3-5,7-8,12,14H,2,6,9-11H2,1H3,(H,19,20)/t12?,14-/m1/s1. The normalized spacial score (nSPS) is 19.9. The van der Waals surface area contributed by atoms with Gasteiger partial charge in [0.2, 0.25) is 5.91 Å². The van der Waals surface area contributed by atoms with E-state index < -0.39 is 12.0 Å². The number of hydrogen-bond acceptors (Lipinski definition) is 2. The molecule has 2 rings (SSSR count). The molecule has 1 N–H and O–H groups in total. The number of likely N-dealkylation sites (tertiary alicyclic amines) is 1. The van der Waals surface area contributed by atoms with Gasteiger partial charge in [-0.05, 0) is 30.7 Å². The van der Waals surface area contributed by atoms with Crippen LogP contribution in [0.3, 0.4) is 0 Å². The summed E-state index contributed by atoms with van der Waals surface area (Å²) in [6.07, 6.45) is 2.62. The predicted octanol–water partition coefficient (Wildman–Crippen LogP) is 2.65. The van der Waals surface area contributed by atoms with Crippen molar-refractivity contribution in [3.63, 3.8) is 0 Å². The number of carboxylic acid groups (broad SMARTS) is 1. The molecule has 1 amide bonds. The molecule has 0 saturated carbocycles. The lowest BCUT2D eigenvalue weighted by molar-refractivity contribution is -0.148.